The van der Waals surface area contributed by atoms with Crippen LogP contribution in [-0.2, 0) is 16.6 Å². The maximum atomic E-state index is 13.2. The molecule has 4 nitrogen and oxygen atoms in total. The Morgan fingerprint density at radius 3 is 2.71 bits per heavy atom. The molecule has 1 aliphatic rings. The van der Waals surface area contributed by atoms with Gasteiger partial charge in [-0.3, -0.25) is 9.48 Å². The van der Waals surface area contributed by atoms with E-state index in [1.807, 2.05) is 14.0 Å². The van der Waals surface area contributed by atoms with Crippen LogP contribution in [0.4, 0.5) is 10.2 Å². The van der Waals surface area contributed by atoms with Crippen molar-refractivity contribution >= 4 is 23.5 Å². The molecule has 0 fully saturated rings. The summed E-state index contributed by atoms with van der Waals surface area (Å²) >= 11 is 1.54. The van der Waals surface area contributed by atoms with E-state index in [4.69, 9.17) is 0 Å². The van der Waals surface area contributed by atoms with Crippen LogP contribution in [0.1, 0.15) is 23.7 Å². The SMILES string of the molecule is Cc1nn(C)c2c1C(C)(c1ccc(F)cc1)SCC(=O)N2. The van der Waals surface area contributed by atoms with Crippen molar-refractivity contribution in [2.24, 2.45) is 7.05 Å². The van der Waals surface area contributed by atoms with Gasteiger partial charge in [-0.1, -0.05) is 12.1 Å². The summed E-state index contributed by atoms with van der Waals surface area (Å²) in [4.78, 5) is 11.9. The highest BCUT2D eigenvalue weighted by Gasteiger charge is 2.39. The van der Waals surface area contributed by atoms with E-state index in [1.54, 1.807) is 16.8 Å². The van der Waals surface area contributed by atoms with Crippen molar-refractivity contribution in [3.05, 3.63) is 46.9 Å². The minimum Gasteiger partial charge on any atom is -0.310 e. The van der Waals surface area contributed by atoms with Gasteiger partial charge in [0.1, 0.15) is 11.6 Å². The number of anilines is 1. The maximum Gasteiger partial charge on any atom is 0.235 e. The van der Waals surface area contributed by atoms with Gasteiger partial charge in [-0.05, 0) is 31.5 Å². The highest BCUT2D eigenvalue weighted by atomic mass is 32.2. The fraction of sp³-hybridized carbons (Fsp3) is 0.333. The number of benzene rings is 1. The van der Waals surface area contributed by atoms with E-state index in [0.29, 0.717) is 11.6 Å². The van der Waals surface area contributed by atoms with Gasteiger partial charge in [-0.25, -0.2) is 4.39 Å². The standard InChI is InChI=1S/C15H16FN3OS/c1-9-13-14(19(3)18-9)17-12(20)8-21-15(13,2)10-4-6-11(16)7-5-10/h4-7H,8H2,1-3H3,(H,17,20). The highest BCUT2D eigenvalue weighted by Crippen LogP contribution is 2.48. The van der Waals surface area contributed by atoms with Crippen LogP contribution in [0.3, 0.4) is 0 Å². The lowest BCUT2D eigenvalue weighted by atomic mass is 9.91. The molecule has 0 radical (unpaired) electrons. The van der Waals surface area contributed by atoms with Crippen molar-refractivity contribution < 1.29 is 9.18 Å². The number of nitrogens with one attached hydrogen (secondary N) is 1. The second-order valence-electron chi connectivity index (χ2n) is 5.31. The van der Waals surface area contributed by atoms with E-state index in [2.05, 4.69) is 17.3 Å². The summed E-state index contributed by atoms with van der Waals surface area (Å²) < 4.78 is 14.5. The number of thioether (sulfide) groups is 1. The molecule has 1 aromatic carbocycles. The molecule has 1 aromatic heterocycles. The van der Waals surface area contributed by atoms with Gasteiger partial charge >= 0.3 is 0 Å². The largest absolute Gasteiger partial charge is 0.310 e. The van der Waals surface area contributed by atoms with Gasteiger partial charge in [0.15, 0.2) is 0 Å². The van der Waals surface area contributed by atoms with E-state index in [-0.39, 0.29) is 11.7 Å². The Balaban J connectivity index is 2.22. The van der Waals surface area contributed by atoms with Crippen molar-refractivity contribution in [3.63, 3.8) is 0 Å². The van der Waals surface area contributed by atoms with Crippen molar-refractivity contribution in [2.45, 2.75) is 18.6 Å². The van der Waals surface area contributed by atoms with Crippen LogP contribution in [-0.4, -0.2) is 21.4 Å². The van der Waals surface area contributed by atoms with Gasteiger partial charge < -0.3 is 5.32 Å². The summed E-state index contributed by atoms with van der Waals surface area (Å²) in [6, 6.07) is 6.45. The summed E-state index contributed by atoms with van der Waals surface area (Å²) in [5, 5.41) is 7.34. The average Bonchev–Trinajstić information content (AvgIpc) is 2.63. The molecule has 6 heteroatoms. The zero-order valence-electron chi connectivity index (χ0n) is 12.1. The van der Waals surface area contributed by atoms with Gasteiger partial charge in [0, 0.05) is 12.6 Å². The lowest BCUT2D eigenvalue weighted by Crippen LogP contribution is -2.20. The molecule has 0 bridgehead atoms. The van der Waals surface area contributed by atoms with Crippen LogP contribution in [0.2, 0.25) is 0 Å². The maximum absolute atomic E-state index is 13.2. The number of carbonyl (C=O) groups excluding carboxylic acids is 1. The number of aryl methyl sites for hydroxylation is 2. The monoisotopic (exact) mass is 305 g/mol. The van der Waals surface area contributed by atoms with Crippen molar-refractivity contribution in [1.82, 2.24) is 9.78 Å². The molecule has 0 saturated heterocycles. The topological polar surface area (TPSA) is 46.9 Å². The fourth-order valence-corrected chi connectivity index (χ4v) is 4.00. The zero-order valence-corrected chi connectivity index (χ0v) is 12.9. The minimum absolute atomic E-state index is 0.0462. The normalized spacial score (nSPS) is 21.6. The van der Waals surface area contributed by atoms with Crippen molar-refractivity contribution in [2.75, 3.05) is 11.1 Å². The van der Waals surface area contributed by atoms with E-state index in [1.165, 1.54) is 23.9 Å². The average molecular weight is 305 g/mol. The Kier molecular flexibility index (Phi) is 3.28. The first-order chi connectivity index (χ1) is 9.91. The Morgan fingerprint density at radius 1 is 1.38 bits per heavy atom. The summed E-state index contributed by atoms with van der Waals surface area (Å²) in [6.07, 6.45) is 0. The fourth-order valence-electron chi connectivity index (χ4n) is 2.82. The first kappa shape index (κ1) is 14.1. The predicted octanol–water partition coefficient (Wildman–Crippen LogP) is 2.82. The molecule has 1 amide bonds. The lowest BCUT2D eigenvalue weighted by molar-refractivity contribution is -0.113. The molecule has 0 saturated carbocycles. The molecule has 110 valence electrons. The molecule has 1 atom stereocenters. The van der Waals surface area contributed by atoms with Gasteiger partial charge in [0.05, 0.1) is 16.2 Å². The van der Waals surface area contributed by atoms with Crippen LogP contribution in [0.5, 0.6) is 0 Å². The second kappa shape index (κ2) is 4.87. The number of hydrogen-bond acceptors (Lipinski definition) is 3. The molecule has 2 heterocycles. The van der Waals surface area contributed by atoms with E-state index < -0.39 is 4.75 Å². The smallest absolute Gasteiger partial charge is 0.235 e. The number of carbonyl (C=O) groups is 1. The number of aromatic nitrogens is 2. The van der Waals surface area contributed by atoms with Gasteiger partial charge in [0.2, 0.25) is 5.91 Å². The molecule has 0 spiro atoms. The van der Waals surface area contributed by atoms with Crippen molar-refractivity contribution in [3.8, 4) is 0 Å². The number of rotatable bonds is 1. The van der Waals surface area contributed by atoms with Gasteiger partial charge in [0.25, 0.3) is 0 Å². The van der Waals surface area contributed by atoms with Gasteiger partial charge in [-0.2, -0.15) is 5.10 Å². The Morgan fingerprint density at radius 2 is 2.05 bits per heavy atom. The first-order valence-corrected chi connectivity index (χ1v) is 7.64. The van der Waals surface area contributed by atoms with Crippen LogP contribution in [0.15, 0.2) is 24.3 Å². The lowest BCUT2D eigenvalue weighted by Gasteiger charge is -2.28. The molecule has 2 aromatic rings. The zero-order chi connectivity index (χ0) is 15.2. The summed E-state index contributed by atoms with van der Waals surface area (Å²) in [6.45, 7) is 3.98. The Labute approximate surface area is 126 Å². The summed E-state index contributed by atoms with van der Waals surface area (Å²) in [5.41, 5.74) is 2.81. The van der Waals surface area contributed by atoms with Crippen LogP contribution < -0.4 is 5.32 Å². The number of halogens is 1. The van der Waals surface area contributed by atoms with E-state index in [0.717, 1.165) is 16.8 Å². The van der Waals surface area contributed by atoms with E-state index >= 15 is 0 Å². The van der Waals surface area contributed by atoms with Gasteiger partial charge in [-0.15, -0.1) is 11.8 Å². The number of nitrogens with zero attached hydrogens (tertiary/aromatic N) is 2. The minimum atomic E-state index is -0.444. The number of fused-ring (bicyclic) bond motifs is 1. The molecule has 0 aliphatic carbocycles. The Hall–Kier alpha value is -1.82. The third-order valence-electron chi connectivity index (χ3n) is 3.84. The highest BCUT2D eigenvalue weighted by molar-refractivity contribution is 8.01. The molecule has 3 rings (SSSR count). The van der Waals surface area contributed by atoms with E-state index in [9.17, 15) is 9.18 Å². The molecular weight excluding hydrogens is 289 g/mol. The first-order valence-electron chi connectivity index (χ1n) is 6.66. The summed E-state index contributed by atoms with van der Waals surface area (Å²) in [7, 11) is 1.81. The van der Waals surface area contributed by atoms with Crippen LogP contribution in [0, 0.1) is 12.7 Å². The van der Waals surface area contributed by atoms with Crippen LogP contribution in [0.25, 0.3) is 0 Å². The van der Waals surface area contributed by atoms with Crippen LogP contribution >= 0.6 is 11.8 Å². The molecule has 1 aliphatic heterocycles. The second-order valence-corrected chi connectivity index (χ2v) is 6.70. The summed E-state index contributed by atoms with van der Waals surface area (Å²) in [5.74, 6) is 0.754. The molecule has 21 heavy (non-hydrogen) atoms. The third kappa shape index (κ3) is 2.23. The predicted molar refractivity (Wildman–Crippen MR) is 81.9 cm³/mol. The molecule has 1 unspecified atom stereocenters. The van der Waals surface area contributed by atoms with Crippen molar-refractivity contribution in [1.29, 1.82) is 0 Å². The number of amides is 1. The quantitative estimate of drug-likeness (QED) is 0.881. The molecule has 1 N–H and O–H groups in total. The molecular formula is C15H16FN3OS. The number of hydrogen-bond donors (Lipinski definition) is 1. The third-order valence-corrected chi connectivity index (χ3v) is 5.27. The Bertz CT molecular complexity index is 710.